The molecular formula is C14H16N4O3S. The van der Waals surface area contributed by atoms with Crippen LogP contribution in [0.3, 0.4) is 0 Å². The largest absolute Gasteiger partial charge is 0.494 e. The van der Waals surface area contributed by atoms with Gasteiger partial charge in [0, 0.05) is 0 Å². The lowest BCUT2D eigenvalue weighted by Gasteiger charge is -2.11. The van der Waals surface area contributed by atoms with Crippen LogP contribution in [-0.2, 0) is 0 Å². The van der Waals surface area contributed by atoms with Gasteiger partial charge < -0.3 is 15.6 Å². The monoisotopic (exact) mass is 320 g/mol. The number of nitrogens with zero attached hydrogens (tertiary/aromatic N) is 2. The topological polar surface area (TPSA) is 103 Å². The van der Waals surface area contributed by atoms with Crippen molar-refractivity contribution in [3.05, 3.63) is 50.5 Å². The van der Waals surface area contributed by atoms with E-state index in [1.54, 1.807) is 12.1 Å². The Morgan fingerprint density at radius 1 is 1.41 bits per heavy atom. The van der Waals surface area contributed by atoms with Gasteiger partial charge in [-0.2, -0.15) is 5.10 Å². The highest BCUT2D eigenvalue weighted by atomic mass is 32.1. The molecule has 0 unspecified atom stereocenters. The molecule has 4 N–H and O–H groups in total. The van der Waals surface area contributed by atoms with Gasteiger partial charge in [-0.1, -0.05) is 17.7 Å². The second kappa shape index (κ2) is 7.01. The molecule has 0 saturated heterocycles. The summed E-state index contributed by atoms with van der Waals surface area (Å²) in [5, 5.41) is 22.8. The number of aromatic amines is 1. The van der Waals surface area contributed by atoms with Gasteiger partial charge in [0.1, 0.15) is 5.56 Å². The summed E-state index contributed by atoms with van der Waals surface area (Å²) in [6, 6.07) is 7.32. The second-order valence-corrected chi connectivity index (χ2v) is 4.94. The third kappa shape index (κ3) is 3.41. The molecule has 0 amide bonds. The van der Waals surface area contributed by atoms with E-state index in [-0.39, 0.29) is 29.4 Å². The number of aromatic nitrogens is 2. The zero-order chi connectivity index (χ0) is 16.1. The molecule has 0 aliphatic rings. The van der Waals surface area contributed by atoms with Gasteiger partial charge in [-0.05, 0) is 31.3 Å². The first-order valence-electron chi connectivity index (χ1n) is 6.56. The maximum atomic E-state index is 11.9. The highest BCUT2D eigenvalue weighted by Crippen LogP contribution is 2.18. The molecule has 0 spiro atoms. The molecule has 0 fully saturated rings. The maximum absolute atomic E-state index is 11.9. The molecule has 2 aromatic rings. The number of aryl methyl sites for hydroxylation is 1. The fourth-order valence-corrected chi connectivity index (χ4v) is 2.10. The minimum Gasteiger partial charge on any atom is -0.494 e. The Morgan fingerprint density at radius 3 is 2.73 bits per heavy atom. The minimum atomic E-state index is -0.541. The van der Waals surface area contributed by atoms with E-state index < -0.39 is 5.56 Å². The van der Waals surface area contributed by atoms with Crippen LogP contribution in [0.1, 0.15) is 11.1 Å². The fraction of sp³-hybridized carbons (Fsp3) is 0.214. The highest BCUT2D eigenvalue weighted by Gasteiger charge is 2.12. The van der Waals surface area contributed by atoms with Gasteiger partial charge in [-0.3, -0.25) is 14.3 Å². The molecule has 0 saturated carbocycles. The summed E-state index contributed by atoms with van der Waals surface area (Å²) in [4.78, 5) is 14.4. The van der Waals surface area contributed by atoms with Gasteiger partial charge in [0.15, 0.2) is 4.77 Å². The molecule has 1 aromatic heterocycles. The van der Waals surface area contributed by atoms with Gasteiger partial charge in [0.25, 0.3) is 5.56 Å². The van der Waals surface area contributed by atoms with Gasteiger partial charge in [0.2, 0.25) is 5.88 Å². The van der Waals surface area contributed by atoms with Crippen LogP contribution in [0.5, 0.6) is 5.88 Å². The van der Waals surface area contributed by atoms with Crippen LogP contribution >= 0.6 is 12.2 Å². The average Bonchev–Trinajstić information content (AvgIpc) is 2.48. The molecule has 0 aliphatic heterocycles. The fourth-order valence-electron chi connectivity index (χ4n) is 1.81. The van der Waals surface area contributed by atoms with Gasteiger partial charge in [-0.25, -0.2) is 0 Å². The van der Waals surface area contributed by atoms with Crippen molar-refractivity contribution < 1.29 is 10.2 Å². The number of aromatic hydroxyl groups is 1. The van der Waals surface area contributed by atoms with Crippen molar-refractivity contribution in [3.63, 3.8) is 0 Å². The summed E-state index contributed by atoms with van der Waals surface area (Å²) >= 11 is 5.11. The Bertz CT molecular complexity index is 793. The van der Waals surface area contributed by atoms with E-state index >= 15 is 0 Å². The number of nitrogens with one attached hydrogen (secondary N) is 2. The Morgan fingerprint density at radius 2 is 2.09 bits per heavy atom. The van der Waals surface area contributed by atoms with E-state index in [1.807, 2.05) is 19.1 Å². The normalized spacial score (nSPS) is 11.0. The predicted octanol–water partition coefficient (Wildman–Crippen LogP) is 0.825. The number of rotatable bonds is 5. The Hall–Kier alpha value is -2.45. The van der Waals surface area contributed by atoms with E-state index in [9.17, 15) is 9.90 Å². The van der Waals surface area contributed by atoms with Crippen molar-refractivity contribution in [1.29, 1.82) is 0 Å². The molecule has 0 atom stereocenters. The van der Waals surface area contributed by atoms with Gasteiger partial charge in [-0.15, -0.1) is 0 Å². The number of hydrogen-bond acceptors (Lipinski definition) is 6. The average molecular weight is 320 g/mol. The lowest BCUT2D eigenvalue weighted by atomic mass is 10.2. The molecule has 0 radical (unpaired) electrons. The van der Waals surface area contributed by atoms with Crippen LogP contribution in [0.15, 0.2) is 34.2 Å². The van der Waals surface area contributed by atoms with E-state index in [4.69, 9.17) is 17.3 Å². The highest BCUT2D eigenvalue weighted by molar-refractivity contribution is 7.71. The smallest absolute Gasteiger partial charge is 0.264 e. The SMILES string of the molecule is Cc1ccc(-n2c(O)c(/C=N/NCCO)c(=O)[nH]c2=S)cc1. The Kier molecular flexibility index (Phi) is 5.08. The minimum absolute atomic E-state index is 0.0281. The van der Waals surface area contributed by atoms with Crippen LogP contribution in [0.2, 0.25) is 0 Å². The number of aliphatic hydroxyl groups excluding tert-OH is 1. The zero-order valence-electron chi connectivity index (χ0n) is 11.9. The standard InChI is InChI=1S/C14H16N4O3S/c1-9-2-4-10(5-3-9)18-13(21)11(8-16-15-6-7-19)12(20)17-14(18)22/h2-5,8,15,19,21H,6-7H2,1H3,(H,17,20,22)/b16-8+. The first-order valence-corrected chi connectivity index (χ1v) is 6.97. The van der Waals surface area contributed by atoms with E-state index in [0.717, 1.165) is 5.56 Å². The first kappa shape index (κ1) is 15.9. The van der Waals surface area contributed by atoms with Gasteiger partial charge in [0.05, 0.1) is 25.1 Å². The second-order valence-electron chi connectivity index (χ2n) is 4.56. The molecule has 8 heteroatoms. The Labute approximate surface area is 131 Å². The van der Waals surface area contributed by atoms with Crippen molar-refractivity contribution in [3.8, 4) is 11.6 Å². The molecule has 1 heterocycles. The number of hydrogen-bond donors (Lipinski definition) is 4. The maximum Gasteiger partial charge on any atom is 0.264 e. The van der Waals surface area contributed by atoms with Crippen LogP contribution < -0.4 is 11.0 Å². The molecule has 1 aromatic carbocycles. The number of benzene rings is 1. The lowest BCUT2D eigenvalue weighted by molar-refractivity contribution is 0.294. The van der Waals surface area contributed by atoms with Gasteiger partial charge >= 0.3 is 0 Å². The molecule has 116 valence electrons. The lowest BCUT2D eigenvalue weighted by Crippen LogP contribution is -2.19. The molecule has 2 rings (SSSR count). The summed E-state index contributed by atoms with van der Waals surface area (Å²) in [5.74, 6) is -0.299. The van der Waals surface area contributed by atoms with Crippen LogP contribution in [0, 0.1) is 11.7 Å². The van der Waals surface area contributed by atoms with Crippen LogP contribution in [0.25, 0.3) is 5.69 Å². The van der Waals surface area contributed by atoms with Crippen molar-refractivity contribution in [2.75, 3.05) is 13.2 Å². The Balaban J connectivity index is 2.51. The quantitative estimate of drug-likeness (QED) is 0.283. The number of aliphatic hydroxyl groups is 1. The number of H-pyrrole nitrogens is 1. The summed E-state index contributed by atoms with van der Waals surface area (Å²) in [7, 11) is 0. The molecule has 0 aliphatic carbocycles. The summed E-state index contributed by atoms with van der Waals surface area (Å²) in [5.41, 5.74) is 3.66. The first-order chi connectivity index (χ1) is 10.5. The summed E-state index contributed by atoms with van der Waals surface area (Å²) in [6.07, 6.45) is 1.18. The molecular weight excluding hydrogens is 304 g/mol. The summed E-state index contributed by atoms with van der Waals surface area (Å²) < 4.78 is 1.44. The van der Waals surface area contributed by atoms with E-state index in [0.29, 0.717) is 5.69 Å². The van der Waals surface area contributed by atoms with E-state index in [2.05, 4.69) is 15.5 Å². The predicted molar refractivity (Wildman–Crippen MR) is 86.3 cm³/mol. The van der Waals surface area contributed by atoms with E-state index in [1.165, 1.54) is 10.8 Å². The van der Waals surface area contributed by atoms with Crippen LogP contribution in [0.4, 0.5) is 0 Å². The van der Waals surface area contributed by atoms with Crippen molar-refractivity contribution >= 4 is 18.4 Å². The zero-order valence-corrected chi connectivity index (χ0v) is 12.7. The van der Waals surface area contributed by atoms with Crippen LogP contribution in [-0.4, -0.2) is 39.1 Å². The third-order valence-corrected chi connectivity index (χ3v) is 3.21. The van der Waals surface area contributed by atoms with Crippen molar-refractivity contribution in [2.24, 2.45) is 5.10 Å². The molecule has 22 heavy (non-hydrogen) atoms. The number of hydrazone groups is 1. The third-order valence-electron chi connectivity index (χ3n) is 2.92. The molecule has 0 bridgehead atoms. The van der Waals surface area contributed by atoms with Crippen molar-refractivity contribution in [2.45, 2.75) is 6.92 Å². The van der Waals surface area contributed by atoms with Crippen molar-refractivity contribution in [1.82, 2.24) is 15.0 Å². The molecule has 7 nitrogen and oxygen atoms in total. The summed E-state index contributed by atoms with van der Waals surface area (Å²) in [6.45, 7) is 2.10.